The Labute approximate surface area is 373 Å². The van der Waals surface area contributed by atoms with Crippen LogP contribution in [-0.4, -0.2) is 164 Å². The van der Waals surface area contributed by atoms with Gasteiger partial charge in [-0.05, 0) is 24.0 Å². The number of aliphatic hydroxyl groups is 4. The van der Waals surface area contributed by atoms with Gasteiger partial charge in [0.1, 0.15) is 30.4 Å². The molecule has 3 aliphatic heterocycles. The Morgan fingerprint density at radius 3 is 2.17 bits per heavy atom. The lowest BCUT2D eigenvalue weighted by Gasteiger charge is -2.36. The summed E-state index contributed by atoms with van der Waals surface area (Å²) >= 11 is 1.07. The summed E-state index contributed by atoms with van der Waals surface area (Å²) in [7, 11) is 0. The number of fused-ring (bicyclic) bond motifs is 5. The molecule has 0 spiro atoms. The number of rotatable bonds is 8. The Morgan fingerprint density at radius 1 is 0.859 bits per heavy atom. The number of nitrogens with zero attached hydrogens (tertiary/aromatic N) is 1. The number of carbonyl (C=O) groups is 8. The van der Waals surface area contributed by atoms with E-state index in [4.69, 9.17) is 5.73 Å². The Hall–Kier alpha value is -5.33. The Morgan fingerprint density at radius 2 is 1.52 bits per heavy atom. The van der Waals surface area contributed by atoms with Crippen molar-refractivity contribution in [2.75, 3.05) is 26.2 Å². The molecule has 0 radical (unpaired) electrons. The predicted octanol–water partition coefficient (Wildman–Crippen LogP) is -4.07. The van der Waals surface area contributed by atoms with Crippen molar-refractivity contribution in [1.82, 2.24) is 47.1 Å². The highest BCUT2D eigenvalue weighted by atomic mass is 32.2. The highest BCUT2D eigenvalue weighted by Crippen LogP contribution is 2.35. The Balaban J connectivity index is 1.71. The quantitative estimate of drug-likeness (QED) is 0.120. The van der Waals surface area contributed by atoms with Gasteiger partial charge < -0.3 is 68.4 Å². The molecule has 352 valence electrons. The lowest BCUT2D eigenvalue weighted by atomic mass is 9.93. The third kappa shape index (κ3) is 11.9. The highest BCUT2D eigenvalue weighted by Gasteiger charge is 2.45. The number of para-hydroxylation sites is 1. The van der Waals surface area contributed by atoms with Gasteiger partial charge in [0.05, 0.1) is 55.4 Å². The lowest BCUT2D eigenvalue weighted by Crippen LogP contribution is -2.63. The number of nitrogens with one attached hydrogen (secondary N) is 8. The van der Waals surface area contributed by atoms with Crippen molar-refractivity contribution >= 4 is 69.9 Å². The van der Waals surface area contributed by atoms with E-state index >= 15 is 0 Å². The molecule has 1 saturated heterocycles. The number of benzene rings is 1. The topological polar surface area (TPSA) is 347 Å². The van der Waals surface area contributed by atoms with E-state index in [1.54, 1.807) is 31.2 Å². The molecule has 64 heavy (non-hydrogen) atoms. The summed E-state index contributed by atoms with van der Waals surface area (Å²) in [6.07, 6.45) is -5.00. The van der Waals surface area contributed by atoms with Crippen molar-refractivity contribution in [3.05, 3.63) is 29.8 Å². The van der Waals surface area contributed by atoms with E-state index in [2.05, 4.69) is 42.2 Å². The summed E-state index contributed by atoms with van der Waals surface area (Å²) in [5.74, 6) is -8.54. The van der Waals surface area contributed by atoms with Gasteiger partial charge in [-0.1, -0.05) is 58.7 Å². The number of aromatic nitrogens is 1. The van der Waals surface area contributed by atoms with E-state index in [9.17, 15) is 58.8 Å². The molecule has 23 heteroatoms. The first-order chi connectivity index (χ1) is 30.4. The van der Waals surface area contributed by atoms with E-state index in [0.29, 0.717) is 34.3 Å². The monoisotopic (exact) mass is 916 g/mol. The Kier molecular flexibility index (Phi) is 17.1. The molecule has 1 fully saturated rings. The molecule has 1 aromatic carbocycles. The molecule has 0 saturated carbocycles. The van der Waals surface area contributed by atoms with Crippen LogP contribution in [0.1, 0.15) is 58.9 Å². The molecule has 1 aromatic heterocycles. The van der Waals surface area contributed by atoms with Crippen LogP contribution in [0.25, 0.3) is 10.9 Å². The SMILES string of the molecule is CCC(CC)[C@@H]1NC(=O)CNC(=O)[C@H]2Cc3c([nH]c4ccccc34)S[C@@H](C)[C@H](NC(=O)CNC1=O)C(=O)N[C@@H](CC(N)=O)C(O)N1C[C@H](O)C[C@H]1C(=O)N[C@@H]([C@@H](C)[C@@H](O)CO)C(=O)N2. The van der Waals surface area contributed by atoms with Crippen LogP contribution in [0.15, 0.2) is 29.3 Å². The lowest BCUT2D eigenvalue weighted by molar-refractivity contribution is -0.139. The zero-order valence-electron chi connectivity index (χ0n) is 36.1. The van der Waals surface area contributed by atoms with Crippen LogP contribution in [0.5, 0.6) is 0 Å². The maximum Gasteiger partial charge on any atom is 0.244 e. The van der Waals surface area contributed by atoms with E-state index in [-0.39, 0.29) is 19.4 Å². The molecule has 8 amide bonds. The van der Waals surface area contributed by atoms with Gasteiger partial charge in [-0.3, -0.25) is 43.3 Å². The second-order valence-electron chi connectivity index (χ2n) is 16.6. The number of aromatic amines is 1. The van der Waals surface area contributed by atoms with Crippen LogP contribution in [0, 0.1) is 11.8 Å². The Bertz CT molecular complexity index is 2070. The minimum absolute atomic E-state index is 0.257. The molecule has 5 rings (SSSR count). The van der Waals surface area contributed by atoms with Gasteiger partial charge in [0.15, 0.2) is 0 Å². The second-order valence-corrected chi connectivity index (χ2v) is 18.0. The zero-order chi connectivity index (χ0) is 47.0. The minimum Gasteiger partial charge on any atom is -0.394 e. The maximum absolute atomic E-state index is 14.5. The van der Waals surface area contributed by atoms with Gasteiger partial charge in [-0.15, -0.1) is 11.8 Å². The van der Waals surface area contributed by atoms with Gasteiger partial charge >= 0.3 is 0 Å². The largest absolute Gasteiger partial charge is 0.394 e. The maximum atomic E-state index is 14.5. The molecule has 0 aliphatic carbocycles. The first-order valence-electron chi connectivity index (χ1n) is 21.4. The normalized spacial score (nSPS) is 29.5. The van der Waals surface area contributed by atoms with Gasteiger partial charge in [0.25, 0.3) is 0 Å². The third-order valence-electron chi connectivity index (χ3n) is 12.1. The fourth-order valence-corrected chi connectivity index (χ4v) is 9.60. The molecule has 4 heterocycles. The highest BCUT2D eigenvalue weighted by molar-refractivity contribution is 8.00. The summed E-state index contributed by atoms with van der Waals surface area (Å²) < 4.78 is 0. The number of hydrogen-bond donors (Lipinski definition) is 13. The van der Waals surface area contributed by atoms with E-state index in [1.165, 1.54) is 6.92 Å². The van der Waals surface area contributed by atoms with Gasteiger partial charge in [-0.2, -0.15) is 0 Å². The predicted molar refractivity (Wildman–Crippen MR) is 230 cm³/mol. The molecule has 11 atom stereocenters. The number of nitrogens with two attached hydrogens (primary N) is 1. The van der Waals surface area contributed by atoms with Crippen LogP contribution >= 0.6 is 11.8 Å². The summed E-state index contributed by atoms with van der Waals surface area (Å²) in [5.41, 5.74) is 6.64. The molecule has 2 aromatic rings. The second kappa shape index (κ2) is 22.0. The molecule has 2 bridgehead atoms. The van der Waals surface area contributed by atoms with E-state index in [0.717, 1.165) is 16.7 Å². The van der Waals surface area contributed by atoms with Gasteiger partial charge in [0, 0.05) is 35.0 Å². The van der Waals surface area contributed by atoms with Gasteiger partial charge in [0.2, 0.25) is 47.3 Å². The number of amides is 8. The number of thioether (sulfide) groups is 1. The molecular weight excluding hydrogens is 857 g/mol. The van der Waals surface area contributed by atoms with Crippen molar-refractivity contribution in [3.63, 3.8) is 0 Å². The standard InChI is InChI=1S/C41H60N10O12S/c1-5-20(6-2)34-37(60)44-15-30(56)48-33-19(4)64-40-23(22-9-7-8-10-24(22)47-40)12-25(35(58)43-14-31(57)49-34)45-38(61)32(18(3)28(54)17-52)50-36(59)27-11-21(53)16-51(27)41(63)26(13-29(42)55)46-39(33)62/h7-10,18-21,25-28,32-34,41,47,52-54,63H,5-6,11-17H2,1-4H3,(H2,42,55)(H,43,58)(H,44,60)(H,45,61)(H,46,62)(H,48,56)(H,49,57)(H,50,59)/t18-,19-,21+,25+,26-,27-,28-,32-,33-,34-,41?/m0/s1. The van der Waals surface area contributed by atoms with Gasteiger partial charge in [-0.25, -0.2) is 0 Å². The fourth-order valence-electron chi connectivity index (χ4n) is 8.39. The smallest absolute Gasteiger partial charge is 0.244 e. The third-order valence-corrected chi connectivity index (χ3v) is 13.3. The summed E-state index contributed by atoms with van der Waals surface area (Å²) in [6.45, 7) is 4.16. The van der Waals surface area contributed by atoms with Crippen molar-refractivity contribution in [2.45, 2.75) is 125 Å². The van der Waals surface area contributed by atoms with Crippen LogP contribution in [-0.2, 0) is 44.8 Å². The van der Waals surface area contributed by atoms with Crippen LogP contribution in [0.3, 0.4) is 0 Å². The number of H-pyrrole nitrogens is 1. The molecule has 3 aliphatic rings. The van der Waals surface area contributed by atoms with Crippen LogP contribution in [0.2, 0.25) is 0 Å². The number of aliphatic hydroxyl groups excluding tert-OH is 4. The van der Waals surface area contributed by atoms with Crippen molar-refractivity contribution in [2.24, 2.45) is 17.6 Å². The fraction of sp³-hybridized carbons (Fsp3) is 0.610. The first-order valence-corrected chi connectivity index (χ1v) is 22.3. The van der Waals surface area contributed by atoms with Crippen molar-refractivity contribution < 1.29 is 58.8 Å². The minimum atomic E-state index is -1.87. The average molecular weight is 917 g/mol. The number of carbonyl (C=O) groups excluding carboxylic acids is 8. The summed E-state index contributed by atoms with van der Waals surface area (Å²) in [4.78, 5) is 115. The number of hydrogen-bond acceptors (Lipinski definition) is 14. The molecule has 1 unspecified atom stereocenters. The van der Waals surface area contributed by atoms with E-state index in [1.807, 2.05) is 13.8 Å². The first kappa shape index (κ1) is 49.7. The average Bonchev–Trinajstić information content (AvgIpc) is 3.82. The van der Waals surface area contributed by atoms with Crippen LogP contribution < -0.4 is 43.0 Å². The van der Waals surface area contributed by atoms with Crippen molar-refractivity contribution in [1.29, 1.82) is 0 Å². The van der Waals surface area contributed by atoms with Crippen molar-refractivity contribution in [3.8, 4) is 0 Å². The van der Waals surface area contributed by atoms with Crippen LogP contribution in [0.4, 0.5) is 0 Å². The molecule has 22 nitrogen and oxygen atoms in total. The molecule has 14 N–H and O–H groups in total. The summed E-state index contributed by atoms with van der Waals surface area (Å²) in [6, 6.07) is -1.71. The zero-order valence-corrected chi connectivity index (χ0v) is 36.9. The number of primary amides is 1. The van der Waals surface area contributed by atoms with E-state index < -0.39 is 145 Å². The summed E-state index contributed by atoms with van der Waals surface area (Å²) in [5, 5.41) is 61.6. The molecular formula is C41H60N10O12S.